The fraction of sp³-hybridized carbons (Fsp3) is 0.250. The first-order chi connectivity index (χ1) is 11.0. The molecule has 0 bridgehead atoms. The van der Waals surface area contributed by atoms with Crippen LogP contribution in [0.1, 0.15) is 12.0 Å². The highest BCUT2D eigenvalue weighted by molar-refractivity contribution is 7.89. The minimum atomic E-state index is -3.53. The quantitative estimate of drug-likeness (QED) is 0.811. The maximum absolute atomic E-state index is 12.1. The zero-order chi connectivity index (χ0) is 16.3. The van der Waals surface area contributed by atoms with Gasteiger partial charge in [0.2, 0.25) is 16.8 Å². The summed E-state index contributed by atoms with van der Waals surface area (Å²) in [6, 6.07) is 12.0. The van der Waals surface area contributed by atoms with Crippen LogP contribution in [0.25, 0.3) is 0 Å². The van der Waals surface area contributed by atoms with Crippen molar-refractivity contribution < 1.29 is 17.9 Å². The molecule has 2 aromatic rings. The number of fused-ring (bicyclic) bond motifs is 1. The van der Waals surface area contributed by atoms with E-state index in [9.17, 15) is 8.42 Å². The highest BCUT2D eigenvalue weighted by atomic mass is 35.5. The van der Waals surface area contributed by atoms with Gasteiger partial charge >= 0.3 is 0 Å². The zero-order valence-electron chi connectivity index (χ0n) is 12.3. The van der Waals surface area contributed by atoms with Gasteiger partial charge in [0, 0.05) is 11.6 Å². The van der Waals surface area contributed by atoms with Gasteiger partial charge in [-0.2, -0.15) is 0 Å². The average Bonchev–Trinajstić information content (AvgIpc) is 2.99. The van der Waals surface area contributed by atoms with Crippen LogP contribution in [-0.2, 0) is 16.4 Å². The second-order valence-electron chi connectivity index (χ2n) is 5.15. The highest BCUT2D eigenvalue weighted by Crippen LogP contribution is 2.32. The maximum Gasteiger partial charge on any atom is 0.240 e. The summed E-state index contributed by atoms with van der Waals surface area (Å²) in [6.07, 6.45) is 1.42. The molecule has 0 atom stereocenters. The Morgan fingerprint density at radius 2 is 1.91 bits per heavy atom. The molecule has 0 aromatic heterocycles. The van der Waals surface area contributed by atoms with Crippen molar-refractivity contribution in [1.29, 1.82) is 0 Å². The molecule has 0 saturated carbocycles. The van der Waals surface area contributed by atoms with Gasteiger partial charge in [-0.1, -0.05) is 23.7 Å². The minimum Gasteiger partial charge on any atom is -0.454 e. The van der Waals surface area contributed by atoms with Crippen LogP contribution in [0.4, 0.5) is 0 Å². The van der Waals surface area contributed by atoms with Crippen LogP contribution in [0.2, 0.25) is 5.02 Å². The molecule has 5 nitrogen and oxygen atoms in total. The summed E-state index contributed by atoms with van der Waals surface area (Å²) in [7, 11) is -3.53. The number of aryl methyl sites for hydroxylation is 1. The van der Waals surface area contributed by atoms with Crippen LogP contribution >= 0.6 is 11.6 Å². The van der Waals surface area contributed by atoms with Gasteiger partial charge in [-0.15, -0.1) is 0 Å². The van der Waals surface area contributed by atoms with E-state index < -0.39 is 10.0 Å². The summed E-state index contributed by atoms with van der Waals surface area (Å²) in [5.41, 5.74) is 1.08. The molecule has 3 rings (SSSR count). The predicted molar refractivity (Wildman–Crippen MR) is 87.5 cm³/mol. The van der Waals surface area contributed by atoms with E-state index in [0.717, 1.165) is 23.5 Å². The molecule has 1 N–H and O–H groups in total. The lowest BCUT2D eigenvalue weighted by Crippen LogP contribution is -2.25. The first-order valence-corrected chi connectivity index (χ1v) is 9.04. The smallest absolute Gasteiger partial charge is 0.240 e. The Hall–Kier alpha value is -1.76. The fourth-order valence-corrected chi connectivity index (χ4v) is 3.69. The number of ether oxygens (including phenoxy) is 2. The monoisotopic (exact) mass is 353 g/mol. The minimum absolute atomic E-state index is 0.174. The molecule has 0 unspecified atom stereocenters. The van der Waals surface area contributed by atoms with E-state index in [1.54, 1.807) is 12.1 Å². The van der Waals surface area contributed by atoms with E-state index in [2.05, 4.69) is 4.72 Å². The van der Waals surface area contributed by atoms with Gasteiger partial charge in [0.05, 0.1) is 4.90 Å². The Labute approximate surface area is 140 Å². The van der Waals surface area contributed by atoms with Gasteiger partial charge in [0.1, 0.15) is 0 Å². The number of nitrogens with one attached hydrogen (secondary N) is 1. The summed E-state index contributed by atoms with van der Waals surface area (Å²) in [5, 5.41) is 0.397. The van der Waals surface area contributed by atoms with Crippen molar-refractivity contribution in [3.8, 4) is 11.5 Å². The lowest BCUT2D eigenvalue weighted by atomic mass is 10.1. The molecule has 2 aromatic carbocycles. The third-order valence-corrected chi connectivity index (χ3v) is 5.17. The SMILES string of the molecule is O=S(=O)(NCCCc1ccc2c(c1)OCO2)c1cccc(Cl)c1. The Morgan fingerprint density at radius 3 is 2.74 bits per heavy atom. The summed E-state index contributed by atoms with van der Waals surface area (Å²) in [4.78, 5) is 0.174. The Kier molecular flexibility index (Phi) is 4.75. The number of hydrogen-bond acceptors (Lipinski definition) is 4. The predicted octanol–water partition coefficient (Wildman–Crippen LogP) is 2.98. The van der Waals surface area contributed by atoms with Crippen molar-refractivity contribution in [3.05, 3.63) is 53.1 Å². The molecule has 0 radical (unpaired) electrons. The first-order valence-electron chi connectivity index (χ1n) is 7.18. The standard InChI is InChI=1S/C16H16ClNO4S/c17-13-4-1-5-14(10-13)23(19,20)18-8-2-3-12-6-7-15-16(9-12)22-11-21-15/h1,4-7,9-10,18H,2-3,8,11H2. The molecule has 23 heavy (non-hydrogen) atoms. The summed E-state index contributed by atoms with van der Waals surface area (Å²) < 4.78 is 37.4. The Morgan fingerprint density at radius 1 is 1.09 bits per heavy atom. The van der Waals surface area contributed by atoms with Gasteiger partial charge in [-0.25, -0.2) is 13.1 Å². The van der Waals surface area contributed by atoms with Gasteiger partial charge in [0.25, 0.3) is 0 Å². The van der Waals surface area contributed by atoms with Crippen LogP contribution in [0.5, 0.6) is 11.5 Å². The van der Waals surface area contributed by atoms with Gasteiger partial charge < -0.3 is 9.47 Å². The largest absolute Gasteiger partial charge is 0.454 e. The van der Waals surface area contributed by atoms with Crippen molar-refractivity contribution in [2.45, 2.75) is 17.7 Å². The molecule has 0 aliphatic carbocycles. The lowest BCUT2D eigenvalue weighted by Gasteiger charge is -2.07. The maximum atomic E-state index is 12.1. The first kappa shape index (κ1) is 16.1. The highest BCUT2D eigenvalue weighted by Gasteiger charge is 2.15. The van der Waals surface area contributed by atoms with Crippen molar-refractivity contribution in [2.75, 3.05) is 13.3 Å². The van der Waals surface area contributed by atoms with Gasteiger partial charge in [-0.05, 0) is 48.7 Å². The van der Waals surface area contributed by atoms with Crippen LogP contribution < -0.4 is 14.2 Å². The second-order valence-corrected chi connectivity index (χ2v) is 7.35. The molecule has 0 fully saturated rings. The van der Waals surface area contributed by atoms with Crippen LogP contribution in [0.3, 0.4) is 0 Å². The van der Waals surface area contributed by atoms with Gasteiger partial charge in [0.15, 0.2) is 11.5 Å². The van der Waals surface area contributed by atoms with E-state index in [4.69, 9.17) is 21.1 Å². The molecule has 1 aliphatic rings. The molecule has 0 amide bonds. The van der Waals surface area contributed by atoms with E-state index in [-0.39, 0.29) is 11.7 Å². The van der Waals surface area contributed by atoms with E-state index in [0.29, 0.717) is 18.0 Å². The molecule has 1 aliphatic heterocycles. The molecule has 0 saturated heterocycles. The molecule has 1 heterocycles. The van der Waals surface area contributed by atoms with Crippen molar-refractivity contribution >= 4 is 21.6 Å². The van der Waals surface area contributed by atoms with Crippen LogP contribution in [0.15, 0.2) is 47.4 Å². The number of sulfonamides is 1. The Balaban J connectivity index is 1.53. The fourth-order valence-electron chi connectivity index (χ4n) is 2.31. The second kappa shape index (κ2) is 6.78. The van der Waals surface area contributed by atoms with E-state index in [1.807, 2.05) is 18.2 Å². The van der Waals surface area contributed by atoms with Crippen LogP contribution in [-0.4, -0.2) is 21.8 Å². The van der Waals surface area contributed by atoms with E-state index >= 15 is 0 Å². The summed E-state index contributed by atoms with van der Waals surface area (Å²) >= 11 is 5.82. The molecular weight excluding hydrogens is 338 g/mol. The van der Waals surface area contributed by atoms with E-state index in [1.165, 1.54) is 12.1 Å². The zero-order valence-corrected chi connectivity index (χ0v) is 13.9. The molecule has 0 spiro atoms. The molecular formula is C16H16ClNO4S. The molecule has 122 valence electrons. The normalized spacial score (nSPS) is 13.3. The average molecular weight is 354 g/mol. The number of rotatable bonds is 6. The summed E-state index contributed by atoms with van der Waals surface area (Å²) in [6.45, 7) is 0.599. The van der Waals surface area contributed by atoms with Crippen molar-refractivity contribution in [1.82, 2.24) is 4.72 Å². The Bertz CT molecular complexity index is 807. The number of hydrogen-bond donors (Lipinski definition) is 1. The van der Waals surface area contributed by atoms with Crippen molar-refractivity contribution in [2.24, 2.45) is 0 Å². The van der Waals surface area contributed by atoms with Crippen LogP contribution in [0, 0.1) is 0 Å². The number of benzene rings is 2. The lowest BCUT2D eigenvalue weighted by molar-refractivity contribution is 0.174. The third-order valence-electron chi connectivity index (χ3n) is 3.48. The van der Waals surface area contributed by atoms with Crippen molar-refractivity contribution in [3.63, 3.8) is 0 Å². The molecule has 7 heteroatoms. The summed E-state index contributed by atoms with van der Waals surface area (Å²) in [5.74, 6) is 1.48. The topological polar surface area (TPSA) is 64.6 Å². The van der Waals surface area contributed by atoms with Gasteiger partial charge in [-0.3, -0.25) is 0 Å². The number of halogens is 1. The third kappa shape index (κ3) is 3.96.